The van der Waals surface area contributed by atoms with Crippen LogP contribution in [0.5, 0.6) is 0 Å². The zero-order valence-electron chi connectivity index (χ0n) is 10.5. The highest BCUT2D eigenvalue weighted by Crippen LogP contribution is 2.25. The molecule has 1 aromatic rings. The maximum Gasteiger partial charge on any atom is 0.0317 e. The molecule has 1 aliphatic rings. The van der Waals surface area contributed by atoms with Crippen molar-refractivity contribution in [2.45, 2.75) is 43.5 Å². The summed E-state index contributed by atoms with van der Waals surface area (Å²) >= 11 is 1.96. The van der Waals surface area contributed by atoms with Crippen molar-refractivity contribution in [2.75, 3.05) is 18.0 Å². The first kappa shape index (κ1) is 12.8. The average molecular weight is 250 g/mol. The van der Waals surface area contributed by atoms with Crippen LogP contribution in [0.15, 0.2) is 23.1 Å². The van der Waals surface area contributed by atoms with E-state index in [1.165, 1.54) is 48.4 Å². The molecule has 3 N–H and O–H groups in total. The van der Waals surface area contributed by atoms with Crippen molar-refractivity contribution in [3.8, 4) is 0 Å². The number of thioether (sulfide) groups is 1. The lowest BCUT2D eigenvalue weighted by molar-refractivity contribution is 0.553. The molecular weight excluding hydrogens is 228 g/mol. The van der Waals surface area contributed by atoms with Gasteiger partial charge in [0.25, 0.3) is 0 Å². The molecular formula is C14H22N2S. The Morgan fingerprint density at radius 3 is 3.06 bits per heavy atom. The Labute approximate surface area is 108 Å². The SMILES string of the molecule is Cc1cc(N)ccc1SCCCC1CCCN1. The number of rotatable bonds is 5. The lowest BCUT2D eigenvalue weighted by Crippen LogP contribution is -2.20. The maximum absolute atomic E-state index is 5.75. The number of nitrogen functional groups attached to an aromatic ring is 1. The van der Waals surface area contributed by atoms with Gasteiger partial charge in [0.05, 0.1) is 0 Å². The Morgan fingerprint density at radius 2 is 2.35 bits per heavy atom. The van der Waals surface area contributed by atoms with E-state index < -0.39 is 0 Å². The fraction of sp³-hybridized carbons (Fsp3) is 0.571. The minimum absolute atomic E-state index is 0.781. The molecule has 1 unspecified atom stereocenters. The number of hydrogen-bond acceptors (Lipinski definition) is 3. The molecule has 3 heteroatoms. The van der Waals surface area contributed by atoms with Gasteiger partial charge in [0.2, 0.25) is 0 Å². The van der Waals surface area contributed by atoms with E-state index in [9.17, 15) is 0 Å². The zero-order valence-corrected chi connectivity index (χ0v) is 11.4. The van der Waals surface area contributed by atoms with E-state index in [-0.39, 0.29) is 0 Å². The second-order valence-corrected chi connectivity index (χ2v) is 5.95. The van der Waals surface area contributed by atoms with Crippen molar-refractivity contribution in [3.63, 3.8) is 0 Å². The van der Waals surface area contributed by atoms with Crippen molar-refractivity contribution in [1.82, 2.24) is 5.32 Å². The number of anilines is 1. The fourth-order valence-electron chi connectivity index (χ4n) is 2.35. The molecule has 94 valence electrons. The first-order valence-corrected chi connectivity index (χ1v) is 7.46. The summed E-state index contributed by atoms with van der Waals surface area (Å²) in [7, 11) is 0. The molecule has 0 spiro atoms. The lowest BCUT2D eigenvalue weighted by atomic mass is 10.1. The Balaban J connectivity index is 1.70. The van der Waals surface area contributed by atoms with Crippen LogP contribution in [-0.4, -0.2) is 18.3 Å². The van der Waals surface area contributed by atoms with Crippen LogP contribution < -0.4 is 11.1 Å². The maximum atomic E-state index is 5.75. The van der Waals surface area contributed by atoms with Gasteiger partial charge in [0, 0.05) is 16.6 Å². The van der Waals surface area contributed by atoms with E-state index in [0.717, 1.165) is 11.7 Å². The summed E-state index contributed by atoms with van der Waals surface area (Å²) in [4.78, 5) is 1.37. The van der Waals surface area contributed by atoms with Crippen LogP contribution in [0.2, 0.25) is 0 Å². The molecule has 0 radical (unpaired) electrons. The zero-order chi connectivity index (χ0) is 12.1. The standard InChI is InChI=1S/C14H22N2S/c1-11-10-12(15)6-7-14(11)17-9-3-5-13-4-2-8-16-13/h6-7,10,13,16H,2-5,8-9,15H2,1H3. The Morgan fingerprint density at radius 1 is 1.47 bits per heavy atom. The second-order valence-electron chi connectivity index (χ2n) is 4.81. The summed E-state index contributed by atoms with van der Waals surface area (Å²) in [6, 6.07) is 6.97. The highest BCUT2D eigenvalue weighted by atomic mass is 32.2. The Bertz CT molecular complexity index is 359. The van der Waals surface area contributed by atoms with E-state index in [2.05, 4.69) is 24.4 Å². The number of hydrogen-bond donors (Lipinski definition) is 2. The number of nitrogens with two attached hydrogens (primary N) is 1. The highest BCUT2D eigenvalue weighted by Gasteiger charge is 2.12. The van der Waals surface area contributed by atoms with E-state index in [4.69, 9.17) is 5.73 Å². The van der Waals surface area contributed by atoms with Crippen LogP contribution in [0.3, 0.4) is 0 Å². The monoisotopic (exact) mass is 250 g/mol. The molecule has 0 bridgehead atoms. The Kier molecular flexibility index (Phi) is 4.75. The van der Waals surface area contributed by atoms with Crippen LogP contribution in [0.25, 0.3) is 0 Å². The first-order valence-electron chi connectivity index (χ1n) is 6.48. The van der Waals surface area contributed by atoms with Crippen LogP contribution >= 0.6 is 11.8 Å². The third-order valence-corrected chi connectivity index (χ3v) is 4.58. The van der Waals surface area contributed by atoms with Crippen molar-refractivity contribution >= 4 is 17.4 Å². The summed E-state index contributed by atoms with van der Waals surface area (Å²) in [5.74, 6) is 1.21. The van der Waals surface area contributed by atoms with E-state index in [0.29, 0.717) is 0 Å². The molecule has 0 amide bonds. The summed E-state index contributed by atoms with van der Waals surface area (Å²) in [5.41, 5.74) is 7.91. The molecule has 2 rings (SSSR count). The van der Waals surface area contributed by atoms with Crippen LogP contribution in [0.1, 0.15) is 31.2 Å². The van der Waals surface area contributed by atoms with E-state index >= 15 is 0 Å². The van der Waals surface area contributed by atoms with Crippen molar-refractivity contribution in [3.05, 3.63) is 23.8 Å². The summed E-state index contributed by atoms with van der Waals surface area (Å²) < 4.78 is 0. The average Bonchev–Trinajstić information content (AvgIpc) is 2.79. The molecule has 0 aliphatic carbocycles. The van der Waals surface area contributed by atoms with Gasteiger partial charge < -0.3 is 11.1 Å². The third kappa shape index (κ3) is 3.93. The summed E-state index contributed by atoms with van der Waals surface area (Å²) in [6.07, 6.45) is 5.34. The van der Waals surface area contributed by atoms with Crippen molar-refractivity contribution < 1.29 is 0 Å². The molecule has 1 aliphatic heterocycles. The van der Waals surface area contributed by atoms with Crippen LogP contribution in [0, 0.1) is 6.92 Å². The molecule has 1 heterocycles. The van der Waals surface area contributed by atoms with Gasteiger partial charge in [-0.3, -0.25) is 0 Å². The smallest absolute Gasteiger partial charge is 0.0317 e. The molecule has 1 fully saturated rings. The molecule has 1 saturated heterocycles. The first-order chi connectivity index (χ1) is 8.25. The largest absolute Gasteiger partial charge is 0.399 e. The van der Waals surface area contributed by atoms with E-state index in [1.807, 2.05) is 17.8 Å². The predicted molar refractivity (Wildman–Crippen MR) is 76.6 cm³/mol. The van der Waals surface area contributed by atoms with Crippen molar-refractivity contribution in [1.29, 1.82) is 0 Å². The number of benzene rings is 1. The van der Waals surface area contributed by atoms with Crippen LogP contribution in [0.4, 0.5) is 5.69 Å². The van der Waals surface area contributed by atoms with Gasteiger partial charge in [-0.15, -0.1) is 11.8 Å². The van der Waals surface area contributed by atoms with Gasteiger partial charge >= 0.3 is 0 Å². The van der Waals surface area contributed by atoms with Gasteiger partial charge in [0.1, 0.15) is 0 Å². The summed E-state index contributed by atoms with van der Waals surface area (Å²) in [6.45, 7) is 3.35. The van der Waals surface area contributed by atoms with Gasteiger partial charge in [-0.1, -0.05) is 0 Å². The predicted octanol–water partition coefficient (Wildman–Crippen LogP) is 3.20. The third-order valence-electron chi connectivity index (χ3n) is 3.32. The lowest BCUT2D eigenvalue weighted by Gasteiger charge is -2.10. The quantitative estimate of drug-likeness (QED) is 0.479. The molecule has 1 aromatic carbocycles. The van der Waals surface area contributed by atoms with Gasteiger partial charge in [0.15, 0.2) is 0 Å². The van der Waals surface area contributed by atoms with Gasteiger partial charge in [-0.05, 0) is 68.7 Å². The van der Waals surface area contributed by atoms with Crippen LogP contribution in [-0.2, 0) is 0 Å². The van der Waals surface area contributed by atoms with Gasteiger partial charge in [-0.25, -0.2) is 0 Å². The topological polar surface area (TPSA) is 38.0 Å². The Hall–Kier alpha value is -0.670. The summed E-state index contributed by atoms with van der Waals surface area (Å²) in [5, 5.41) is 3.55. The number of aryl methyl sites for hydroxylation is 1. The van der Waals surface area contributed by atoms with E-state index in [1.54, 1.807) is 0 Å². The van der Waals surface area contributed by atoms with Crippen molar-refractivity contribution in [2.24, 2.45) is 0 Å². The molecule has 17 heavy (non-hydrogen) atoms. The molecule has 0 saturated carbocycles. The molecule has 0 aromatic heterocycles. The number of nitrogens with one attached hydrogen (secondary N) is 1. The normalized spacial score (nSPS) is 19.7. The molecule has 2 nitrogen and oxygen atoms in total. The second kappa shape index (κ2) is 6.31. The minimum atomic E-state index is 0.781. The molecule has 1 atom stereocenters. The minimum Gasteiger partial charge on any atom is -0.399 e. The van der Waals surface area contributed by atoms with Gasteiger partial charge in [-0.2, -0.15) is 0 Å². The fourth-order valence-corrected chi connectivity index (χ4v) is 3.33. The highest BCUT2D eigenvalue weighted by molar-refractivity contribution is 7.99.